The maximum Gasteiger partial charge on any atom is 0.261 e. The summed E-state index contributed by atoms with van der Waals surface area (Å²) < 4.78 is 7.84. The largest absolute Gasteiger partial charge is 0.480 e. The number of rotatable bonds is 4. The monoisotopic (exact) mass is 321 g/mol. The van der Waals surface area contributed by atoms with Gasteiger partial charge in [-0.3, -0.25) is 4.79 Å². The lowest BCUT2D eigenvalue weighted by atomic mass is 10.1. The van der Waals surface area contributed by atoms with Gasteiger partial charge in [-0.15, -0.1) is 0 Å². The average Bonchev–Trinajstić information content (AvgIpc) is 3.16. The molecule has 0 unspecified atom stereocenters. The van der Waals surface area contributed by atoms with Crippen LogP contribution >= 0.6 is 0 Å². The van der Waals surface area contributed by atoms with Crippen molar-refractivity contribution in [3.63, 3.8) is 0 Å². The summed E-state index contributed by atoms with van der Waals surface area (Å²) in [4.78, 5) is 16.9. The van der Waals surface area contributed by atoms with Crippen LogP contribution in [0.3, 0.4) is 0 Å². The van der Waals surface area contributed by atoms with Gasteiger partial charge in [0.25, 0.3) is 5.91 Å². The zero-order valence-electron chi connectivity index (χ0n) is 13.5. The average molecular weight is 321 g/mol. The molecule has 5 nitrogen and oxygen atoms in total. The standard InChI is InChI=1S/C19H19N3O2/c1-13-21-15-7-3-4-8-16(15)22(13)11-10-20-19(23)18-12-14-6-2-5-9-17(14)24-18/h2-9,18H,10-12H2,1H3,(H,20,23)/t18-/m1/s1. The van der Waals surface area contributed by atoms with Crippen LogP contribution in [0.15, 0.2) is 48.5 Å². The summed E-state index contributed by atoms with van der Waals surface area (Å²) in [5.41, 5.74) is 3.17. The highest BCUT2D eigenvalue weighted by Gasteiger charge is 2.28. The zero-order valence-corrected chi connectivity index (χ0v) is 13.5. The highest BCUT2D eigenvalue weighted by Crippen LogP contribution is 2.28. The highest BCUT2D eigenvalue weighted by molar-refractivity contribution is 5.82. The van der Waals surface area contributed by atoms with Gasteiger partial charge in [0.15, 0.2) is 6.10 Å². The Labute approximate surface area is 140 Å². The number of benzene rings is 2. The van der Waals surface area contributed by atoms with Gasteiger partial charge in [0.05, 0.1) is 11.0 Å². The van der Waals surface area contributed by atoms with Gasteiger partial charge in [-0.1, -0.05) is 30.3 Å². The summed E-state index contributed by atoms with van der Waals surface area (Å²) in [5.74, 6) is 1.71. The minimum absolute atomic E-state index is 0.0618. The van der Waals surface area contributed by atoms with Crippen molar-refractivity contribution >= 4 is 16.9 Å². The Hall–Kier alpha value is -2.82. The van der Waals surface area contributed by atoms with E-state index >= 15 is 0 Å². The second-order valence-corrected chi connectivity index (χ2v) is 6.01. The van der Waals surface area contributed by atoms with Crippen molar-refractivity contribution in [3.8, 4) is 5.75 Å². The molecular weight excluding hydrogens is 302 g/mol. The third-order valence-corrected chi connectivity index (χ3v) is 4.42. The van der Waals surface area contributed by atoms with Crippen LogP contribution < -0.4 is 10.1 Å². The molecule has 0 saturated heterocycles. The molecule has 0 aliphatic carbocycles. The van der Waals surface area contributed by atoms with Crippen molar-refractivity contribution in [2.75, 3.05) is 6.54 Å². The molecule has 2 aromatic carbocycles. The third-order valence-electron chi connectivity index (χ3n) is 4.42. The first-order valence-corrected chi connectivity index (χ1v) is 8.16. The number of nitrogens with zero attached hydrogens (tertiary/aromatic N) is 2. The van der Waals surface area contributed by atoms with Crippen LogP contribution in [0.2, 0.25) is 0 Å². The summed E-state index contributed by atoms with van der Waals surface area (Å²) in [5, 5.41) is 2.98. The molecule has 1 aromatic heterocycles. The van der Waals surface area contributed by atoms with Crippen molar-refractivity contribution in [2.24, 2.45) is 0 Å². The van der Waals surface area contributed by atoms with E-state index < -0.39 is 6.10 Å². The van der Waals surface area contributed by atoms with Gasteiger partial charge in [0, 0.05) is 19.5 Å². The van der Waals surface area contributed by atoms with Gasteiger partial charge >= 0.3 is 0 Å². The molecule has 1 amide bonds. The van der Waals surface area contributed by atoms with Crippen LogP contribution in [0.5, 0.6) is 5.75 Å². The number of imidazole rings is 1. The van der Waals surface area contributed by atoms with E-state index in [1.165, 1.54) is 0 Å². The van der Waals surface area contributed by atoms with Crippen LogP contribution in [-0.2, 0) is 17.8 Å². The number of hydrogen-bond acceptors (Lipinski definition) is 3. The molecule has 0 spiro atoms. The molecule has 1 aliphatic rings. The van der Waals surface area contributed by atoms with E-state index in [0.29, 0.717) is 19.5 Å². The Bertz CT molecular complexity index is 876. The van der Waals surface area contributed by atoms with Crippen LogP contribution in [-0.4, -0.2) is 28.1 Å². The molecule has 1 N–H and O–H groups in total. The first kappa shape index (κ1) is 14.8. The Morgan fingerprint density at radius 3 is 2.92 bits per heavy atom. The third kappa shape index (κ3) is 2.62. The smallest absolute Gasteiger partial charge is 0.261 e. The summed E-state index contributed by atoms with van der Waals surface area (Å²) in [7, 11) is 0. The van der Waals surface area contributed by atoms with Crippen LogP contribution in [0.25, 0.3) is 11.0 Å². The molecule has 122 valence electrons. The van der Waals surface area contributed by atoms with E-state index in [-0.39, 0.29) is 5.91 Å². The van der Waals surface area contributed by atoms with E-state index in [9.17, 15) is 4.79 Å². The van der Waals surface area contributed by atoms with Gasteiger partial charge in [-0.2, -0.15) is 0 Å². The predicted molar refractivity (Wildman–Crippen MR) is 92.0 cm³/mol. The number of aryl methyl sites for hydroxylation is 1. The molecule has 0 fully saturated rings. The van der Waals surface area contributed by atoms with E-state index in [4.69, 9.17) is 4.74 Å². The topological polar surface area (TPSA) is 56.2 Å². The highest BCUT2D eigenvalue weighted by atomic mass is 16.5. The van der Waals surface area contributed by atoms with Crippen LogP contribution in [0.4, 0.5) is 0 Å². The van der Waals surface area contributed by atoms with Gasteiger partial charge in [-0.05, 0) is 30.7 Å². The number of aromatic nitrogens is 2. The quantitative estimate of drug-likeness (QED) is 0.803. The lowest BCUT2D eigenvalue weighted by Crippen LogP contribution is -2.39. The van der Waals surface area contributed by atoms with E-state index in [0.717, 1.165) is 28.2 Å². The zero-order chi connectivity index (χ0) is 16.5. The number of amides is 1. The summed E-state index contributed by atoms with van der Waals surface area (Å²) in [6.45, 7) is 3.23. The summed E-state index contributed by atoms with van der Waals surface area (Å²) in [6, 6.07) is 15.8. The number of carbonyl (C=O) groups is 1. The van der Waals surface area contributed by atoms with E-state index in [2.05, 4.69) is 14.9 Å². The molecule has 2 heterocycles. The molecule has 4 rings (SSSR count). The normalized spacial score (nSPS) is 16.0. The Morgan fingerprint density at radius 1 is 1.25 bits per heavy atom. The van der Waals surface area contributed by atoms with Crippen molar-refractivity contribution in [2.45, 2.75) is 26.0 Å². The molecule has 5 heteroatoms. The van der Waals surface area contributed by atoms with E-state index in [1.54, 1.807) is 0 Å². The number of nitrogens with one attached hydrogen (secondary N) is 1. The van der Waals surface area contributed by atoms with Gasteiger partial charge < -0.3 is 14.6 Å². The maximum absolute atomic E-state index is 12.3. The molecule has 24 heavy (non-hydrogen) atoms. The second-order valence-electron chi connectivity index (χ2n) is 6.01. The van der Waals surface area contributed by atoms with Crippen molar-refractivity contribution in [3.05, 3.63) is 59.9 Å². The molecule has 0 radical (unpaired) electrons. The van der Waals surface area contributed by atoms with E-state index in [1.807, 2.05) is 55.5 Å². The van der Waals surface area contributed by atoms with Gasteiger partial charge in [0.2, 0.25) is 0 Å². The second kappa shape index (κ2) is 6.00. The molecule has 0 saturated carbocycles. The first-order chi connectivity index (χ1) is 11.7. The number of para-hydroxylation sites is 3. The fourth-order valence-corrected chi connectivity index (χ4v) is 3.21. The SMILES string of the molecule is Cc1nc2ccccc2n1CCNC(=O)[C@H]1Cc2ccccc2O1. The lowest BCUT2D eigenvalue weighted by molar-refractivity contribution is -0.127. The molecule has 3 aromatic rings. The fraction of sp³-hybridized carbons (Fsp3) is 0.263. The number of hydrogen-bond donors (Lipinski definition) is 1. The summed E-state index contributed by atoms with van der Waals surface area (Å²) >= 11 is 0. The van der Waals surface area contributed by atoms with Crippen molar-refractivity contribution in [1.29, 1.82) is 0 Å². The van der Waals surface area contributed by atoms with Crippen molar-refractivity contribution in [1.82, 2.24) is 14.9 Å². The molecular formula is C19H19N3O2. The minimum Gasteiger partial charge on any atom is -0.480 e. The number of carbonyl (C=O) groups excluding carboxylic acids is 1. The van der Waals surface area contributed by atoms with Crippen LogP contribution in [0, 0.1) is 6.92 Å². The predicted octanol–water partition coefficient (Wildman–Crippen LogP) is 2.46. The summed E-state index contributed by atoms with van der Waals surface area (Å²) in [6.07, 6.45) is 0.206. The Kier molecular flexibility index (Phi) is 3.69. The maximum atomic E-state index is 12.3. The Morgan fingerprint density at radius 2 is 2.04 bits per heavy atom. The van der Waals surface area contributed by atoms with Gasteiger partial charge in [0.1, 0.15) is 11.6 Å². The fourth-order valence-electron chi connectivity index (χ4n) is 3.21. The van der Waals surface area contributed by atoms with Crippen molar-refractivity contribution < 1.29 is 9.53 Å². The number of ether oxygens (including phenoxy) is 1. The molecule has 1 aliphatic heterocycles. The van der Waals surface area contributed by atoms with Crippen LogP contribution in [0.1, 0.15) is 11.4 Å². The number of fused-ring (bicyclic) bond motifs is 2. The Balaban J connectivity index is 1.38. The minimum atomic E-state index is -0.428. The first-order valence-electron chi connectivity index (χ1n) is 8.16. The lowest BCUT2D eigenvalue weighted by Gasteiger charge is -2.12. The molecule has 0 bridgehead atoms. The molecule has 1 atom stereocenters. The van der Waals surface area contributed by atoms with Gasteiger partial charge in [-0.25, -0.2) is 4.98 Å².